The third-order valence-corrected chi connectivity index (χ3v) is 3.57. The van der Waals surface area contributed by atoms with Crippen molar-refractivity contribution < 1.29 is 9.90 Å². The molecule has 2 heterocycles. The fraction of sp³-hybridized carbons (Fsp3) is 0.692. The lowest BCUT2D eigenvalue weighted by Gasteiger charge is -2.35. The summed E-state index contributed by atoms with van der Waals surface area (Å²) in [5.41, 5.74) is 1.49. The Morgan fingerprint density at radius 2 is 2.33 bits per heavy atom. The van der Waals surface area contributed by atoms with Gasteiger partial charge in [-0.2, -0.15) is 5.10 Å². The van der Waals surface area contributed by atoms with Gasteiger partial charge in [-0.3, -0.25) is 9.48 Å². The number of aliphatic hydroxyl groups is 1. The highest BCUT2D eigenvalue weighted by molar-refractivity contribution is 5.93. The quantitative estimate of drug-likeness (QED) is 0.875. The average molecular weight is 251 g/mol. The first-order chi connectivity index (χ1) is 8.63. The second-order valence-corrected chi connectivity index (χ2v) is 4.96. The molecule has 0 aromatic carbocycles. The van der Waals surface area contributed by atoms with Crippen LogP contribution >= 0.6 is 0 Å². The summed E-state index contributed by atoms with van der Waals surface area (Å²) < 4.78 is 1.64. The summed E-state index contributed by atoms with van der Waals surface area (Å²) in [5.74, 6) is 0.0382. The third kappa shape index (κ3) is 2.56. The molecular formula is C13H21N3O2. The summed E-state index contributed by atoms with van der Waals surface area (Å²) in [6.07, 6.45) is 3.84. The minimum Gasteiger partial charge on any atom is -0.396 e. The fourth-order valence-corrected chi connectivity index (χ4v) is 2.67. The van der Waals surface area contributed by atoms with Gasteiger partial charge in [0.2, 0.25) is 0 Å². The average Bonchev–Trinajstić information content (AvgIpc) is 2.69. The van der Waals surface area contributed by atoms with Gasteiger partial charge in [0.25, 0.3) is 5.91 Å². The lowest BCUT2D eigenvalue weighted by Crippen LogP contribution is -2.44. The maximum absolute atomic E-state index is 12.5. The van der Waals surface area contributed by atoms with Crippen LogP contribution in [0, 0.1) is 6.92 Å². The summed E-state index contributed by atoms with van der Waals surface area (Å²) in [7, 11) is 1.80. The van der Waals surface area contributed by atoms with E-state index >= 15 is 0 Å². The molecule has 0 bridgehead atoms. The molecule has 1 unspecified atom stereocenters. The molecule has 0 saturated carbocycles. The highest BCUT2D eigenvalue weighted by Gasteiger charge is 2.28. The second-order valence-electron chi connectivity index (χ2n) is 4.96. The maximum Gasteiger partial charge on any atom is 0.272 e. The van der Waals surface area contributed by atoms with Gasteiger partial charge in [0, 0.05) is 26.2 Å². The molecule has 1 atom stereocenters. The Balaban J connectivity index is 2.18. The zero-order valence-corrected chi connectivity index (χ0v) is 11.1. The molecule has 2 rings (SSSR count). The predicted molar refractivity (Wildman–Crippen MR) is 68.3 cm³/mol. The van der Waals surface area contributed by atoms with E-state index in [0.29, 0.717) is 12.1 Å². The first kappa shape index (κ1) is 13.1. The van der Waals surface area contributed by atoms with E-state index < -0.39 is 0 Å². The van der Waals surface area contributed by atoms with Gasteiger partial charge in [0.1, 0.15) is 5.69 Å². The lowest BCUT2D eigenvalue weighted by atomic mass is 9.99. The van der Waals surface area contributed by atoms with E-state index in [1.54, 1.807) is 11.7 Å². The van der Waals surface area contributed by atoms with E-state index in [4.69, 9.17) is 5.11 Å². The highest BCUT2D eigenvalue weighted by atomic mass is 16.3. The van der Waals surface area contributed by atoms with Crippen molar-refractivity contribution in [3.05, 3.63) is 17.5 Å². The van der Waals surface area contributed by atoms with Crippen LogP contribution in [-0.4, -0.2) is 44.9 Å². The van der Waals surface area contributed by atoms with Crippen LogP contribution in [0.3, 0.4) is 0 Å². The maximum atomic E-state index is 12.5. The Labute approximate surface area is 107 Å². The number of rotatable bonds is 3. The third-order valence-electron chi connectivity index (χ3n) is 3.57. The van der Waals surface area contributed by atoms with Crippen LogP contribution in [0.4, 0.5) is 0 Å². The number of hydrogen-bond acceptors (Lipinski definition) is 3. The molecular weight excluding hydrogens is 230 g/mol. The predicted octanol–water partition coefficient (Wildman–Crippen LogP) is 1.11. The standard InChI is InChI=1S/C13H21N3O2/c1-10-9-12(15(2)14-10)13(18)16-7-4-3-5-11(16)6-8-17/h9,11,17H,3-8H2,1-2H3. The SMILES string of the molecule is Cc1cc(C(=O)N2CCCCC2CCO)n(C)n1. The van der Waals surface area contributed by atoms with Gasteiger partial charge < -0.3 is 10.0 Å². The Bertz CT molecular complexity index is 426. The van der Waals surface area contributed by atoms with E-state index in [-0.39, 0.29) is 18.6 Å². The zero-order chi connectivity index (χ0) is 13.1. The van der Waals surface area contributed by atoms with Gasteiger partial charge in [-0.05, 0) is 38.7 Å². The van der Waals surface area contributed by atoms with Gasteiger partial charge in [0.05, 0.1) is 5.69 Å². The number of amides is 1. The van der Waals surface area contributed by atoms with Crippen molar-refractivity contribution in [2.24, 2.45) is 7.05 Å². The van der Waals surface area contributed by atoms with Crippen molar-refractivity contribution in [1.29, 1.82) is 0 Å². The summed E-state index contributed by atoms with van der Waals surface area (Å²) in [6.45, 7) is 2.81. The van der Waals surface area contributed by atoms with Gasteiger partial charge in [-0.15, -0.1) is 0 Å². The smallest absolute Gasteiger partial charge is 0.272 e. The first-order valence-corrected chi connectivity index (χ1v) is 6.56. The van der Waals surface area contributed by atoms with Gasteiger partial charge in [-0.25, -0.2) is 0 Å². The van der Waals surface area contributed by atoms with Crippen LogP contribution in [-0.2, 0) is 7.05 Å². The number of piperidine rings is 1. The Morgan fingerprint density at radius 3 is 2.94 bits per heavy atom. The minimum absolute atomic E-state index is 0.0382. The molecule has 1 fully saturated rings. The molecule has 1 aromatic rings. The number of nitrogens with zero attached hydrogens (tertiary/aromatic N) is 3. The number of hydrogen-bond donors (Lipinski definition) is 1. The number of carbonyl (C=O) groups is 1. The van der Waals surface area contributed by atoms with Crippen molar-refractivity contribution >= 4 is 5.91 Å². The van der Waals surface area contributed by atoms with Crippen molar-refractivity contribution in [3.63, 3.8) is 0 Å². The zero-order valence-electron chi connectivity index (χ0n) is 11.1. The second kappa shape index (κ2) is 5.52. The molecule has 5 nitrogen and oxygen atoms in total. The minimum atomic E-state index is 0.0382. The largest absolute Gasteiger partial charge is 0.396 e. The van der Waals surface area contributed by atoms with Crippen molar-refractivity contribution in [1.82, 2.24) is 14.7 Å². The molecule has 1 amide bonds. The first-order valence-electron chi connectivity index (χ1n) is 6.56. The molecule has 1 N–H and O–H groups in total. The molecule has 1 aliphatic rings. The summed E-state index contributed by atoms with van der Waals surface area (Å²) >= 11 is 0. The Kier molecular flexibility index (Phi) is 4.01. The number of carbonyl (C=O) groups excluding carboxylic acids is 1. The van der Waals surface area contributed by atoms with Crippen LogP contribution in [0.2, 0.25) is 0 Å². The molecule has 5 heteroatoms. The molecule has 1 aliphatic heterocycles. The van der Waals surface area contributed by atoms with Crippen LogP contribution < -0.4 is 0 Å². The summed E-state index contributed by atoms with van der Waals surface area (Å²) in [6, 6.07) is 2.00. The van der Waals surface area contributed by atoms with Crippen LogP contribution in [0.25, 0.3) is 0 Å². The fourth-order valence-electron chi connectivity index (χ4n) is 2.67. The molecule has 0 spiro atoms. The molecule has 0 radical (unpaired) electrons. The molecule has 1 saturated heterocycles. The number of aromatic nitrogens is 2. The molecule has 18 heavy (non-hydrogen) atoms. The van der Waals surface area contributed by atoms with Crippen molar-refractivity contribution in [3.8, 4) is 0 Å². The summed E-state index contributed by atoms with van der Waals surface area (Å²) in [5, 5.41) is 13.3. The van der Waals surface area contributed by atoms with Crippen molar-refractivity contribution in [2.45, 2.75) is 38.6 Å². The van der Waals surface area contributed by atoms with Gasteiger partial charge in [0.15, 0.2) is 0 Å². The number of aryl methyl sites for hydroxylation is 2. The van der Waals surface area contributed by atoms with Gasteiger partial charge >= 0.3 is 0 Å². The van der Waals surface area contributed by atoms with E-state index in [2.05, 4.69) is 5.10 Å². The van der Waals surface area contributed by atoms with E-state index in [1.807, 2.05) is 17.9 Å². The van der Waals surface area contributed by atoms with E-state index in [1.165, 1.54) is 0 Å². The molecule has 1 aromatic heterocycles. The number of likely N-dealkylation sites (tertiary alicyclic amines) is 1. The van der Waals surface area contributed by atoms with E-state index in [9.17, 15) is 4.79 Å². The monoisotopic (exact) mass is 251 g/mol. The van der Waals surface area contributed by atoms with Crippen LogP contribution in [0.5, 0.6) is 0 Å². The summed E-state index contributed by atoms with van der Waals surface area (Å²) in [4.78, 5) is 14.4. The highest BCUT2D eigenvalue weighted by Crippen LogP contribution is 2.21. The van der Waals surface area contributed by atoms with Crippen LogP contribution in [0.15, 0.2) is 6.07 Å². The van der Waals surface area contributed by atoms with Gasteiger partial charge in [-0.1, -0.05) is 0 Å². The lowest BCUT2D eigenvalue weighted by molar-refractivity contribution is 0.0563. The van der Waals surface area contributed by atoms with Crippen LogP contribution in [0.1, 0.15) is 41.9 Å². The molecule has 0 aliphatic carbocycles. The topological polar surface area (TPSA) is 58.4 Å². The number of aliphatic hydroxyl groups excluding tert-OH is 1. The normalized spacial score (nSPS) is 20.2. The Morgan fingerprint density at radius 1 is 1.56 bits per heavy atom. The molecule has 100 valence electrons. The Hall–Kier alpha value is -1.36. The van der Waals surface area contributed by atoms with E-state index in [0.717, 1.165) is 31.5 Å². The van der Waals surface area contributed by atoms with Crippen molar-refractivity contribution in [2.75, 3.05) is 13.2 Å².